The zero-order valence-corrected chi connectivity index (χ0v) is 24.8. The van der Waals surface area contributed by atoms with Gasteiger partial charge in [-0.15, -0.1) is 0 Å². The van der Waals surface area contributed by atoms with Crippen LogP contribution in [0.25, 0.3) is 10.4 Å². The van der Waals surface area contributed by atoms with Gasteiger partial charge in [0, 0.05) is 40.0 Å². The first-order valence-corrected chi connectivity index (χ1v) is 14.7. The molecule has 0 unspecified atom stereocenters. The number of ether oxygens (including phenoxy) is 3. The zero-order chi connectivity index (χ0) is 29.6. The van der Waals surface area contributed by atoms with Crippen LogP contribution < -0.4 is 14.8 Å². The number of amides is 1. The molecule has 1 aliphatic heterocycles. The second-order valence-electron chi connectivity index (χ2n) is 11.6. The molecule has 1 amide bonds. The number of hydrogen-bond acceptors (Lipinski definition) is 8. The summed E-state index contributed by atoms with van der Waals surface area (Å²) in [7, 11) is -2.40. The van der Waals surface area contributed by atoms with Crippen molar-refractivity contribution in [2.24, 2.45) is 15.9 Å². The third-order valence-corrected chi connectivity index (χ3v) is 7.91. The highest BCUT2D eigenvalue weighted by Crippen LogP contribution is 2.48. The number of benzene rings is 2. The number of azide groups is 1. The fraction of sp³-hybridized carbons (Fsp3) is 0.536. The molecule has 40 heavy (non-hydrogen) atoms. The third-order valence-electron chi connectivity index (χ3n) is 6.58. The van der Waals surface area contributed by atoms with Gasteiger partial charge in [-0.05, 0) is 35.7 Å². The fourth-order valence-electron chi connectivity index (χ4n) is 4.35. The molecule has 1 saturated heterocycles. The van der Waals surface area contributed by atoms with Gasteiger partial charge >= 0.3 is 0 Å². The van der Waals surface area contributed by atoms with Gasteiger partial charge in [-0.1, -0.05) is 64.0 Å². The Bertz CT molecular complexity index is 1340. The minimum atomic E-state index is -3.87. The van der Waals surface area contributed by atoms with Gasteiger partial charge in [-0.25, -0.2) is 13.1 Å². The van der Waals surface area contributed by atoms with E-state index in [9.17, 15) is 13.2 Å². The topological polar surface area (TPSA) is 152 Å². The lowest BCUT2D eigenvalue weighted by atomic mass is 9.79. The summed E-state index contributed by atoms with van der Waals surface area (Å²) < 4.78 is 44.5. The van der Waals surface area contributed by atoms with Crippen LogP contribution in [-0.4, -0.2) is 46.9 Å². The Morgan fingerprint density at radius 1 is 1.12 bits per heavy atom. The van der Waals surface area contributed by atoms with E-state index in [0.29, 0.717) is 31.2 Å². The summed E-state index contributed by atoms with van der Waals surface area (Å²) in [6.07, 6.45) is 0.106. The summed E-state index contributed by atoms with van der Waals surface area (Å²) in [5.41, 5.74) is 10.7. The van der Waals surface area contributed by atoms with Gasteiger partial charge in [0.2, 0.25) is 10.0 Å². The van der Waals surface area contributed by atoms with Crippen LogP contribution in [0.1, 0.15) is 62.5 Å². The summed E-state index contributed by atoms with van der Waals surface area (Å²) >= 11 is 0. The lowest BCUT2D eigenvalue weighted by molar-refractivity contribution is -0.350. The molecule has 0 atom stereocenters. The van der Waals surface area contributed by atoms with E-state index in [1.54, 1.807) is 6.07 Å². The molecule has 1 aliphatic rings. The Kier molecular flexibility index (Phi) is 9.73. The van der Waals surface area contributed by atoms with Crippen LogP contribution >= 0.6 is 0 Å². The molecule has 0 radical (unpaired) electrons. The van der Waals surface area contributed by atoms with Crippen LogP contribution in [0.5, 0.6) is 5.75 Å². The molecule has 2 aromatic rings. The van der Waals surface area contributed by atoms with Gasteiger partial charge in [0.25, 0.3) is 5.91 Å². The zero-order valence-electron chi connectivity index (χ0n) is 24.0. The number of sulfonamides is 1. The quantitative estimate of drug-likeness (QED) is 0.159. The number of rotatable bonds is 11. The van der Waals surface area contributed by atoms with Crippen molar-refractivity contribution in [3.63, 3.8) is 0 Å². The molecule has 0 bridgehead atoms. The Morgan fingerprint density at radius 3 is 2.35 bits per heavy atom. The van der Waals surface area contributed by atoms with Crippen molar-refractivity contribution in [2.45, 2.75) is 53.4 Å². The van der Waals surface area contributed by atoms with Gasteiger partial charge in [-0.3, -0.25) is 4.79 Å². The second-order valence-corrected chi connectivity index (χ2v) is 13.5. The van der Waals surface area contributed by atoms with Crippen LogP contribution in [0.2, 0.25) is 0 Å². The largest absolute Gasteiger partial charge is 0.495 e. The summed E-state index contributed by atoms with van der Waals surface area (Å²) in [4.78, 5) is 15.1. The molecule has 3 rings (SSSR count). The Labute approximate surface area is 236 Å². The maximum Gasteiger partial charge on any atom is 0.264 e. The maximum atomic E-state index is 12.5. The van der Waals surface area contributed by atoms with E-state index >= 15 is 0 Å². The SMILES string of the molecule is COc1cc(C(=O)NS(=O)(=O)CCCN=[N+]=[N-])ccc1NCc1ccc(C2(C(C)(C)C)OCC(C)(C)CO2)cc1. The molecule has 1 fully saturated rings. The van der Waals surface area contributed by atoms with Crippen LogP contribution in [0.4, 0.5) is 5.69 Å². The van der Waals surface area contributed by atoms with Crippen molar-refractivity contribution < 1.29 is 27.4 Å². The molecule has 2 aromatic carbocycles. The average molecular weight is 574 g/mol. The van der Waals surface area contributed by atoms with Gasteiger partial charge in [-0.2, -0.15) is 0 Å². The first-order valence-electron chi connectivity index (χ1n) is 13.1. The number of methoxy groups -OCH3 is 1. The average Bonchev–Trinajstić information content (AvgIpc) is 2.89. The molecule has 0 saturated carbocycles. The second kappa shape index (κ2) is 12.5. The van der Waals surface area contributed by atoms with Crippen molar-refractivity contribution in [1.29, 1.82) is 0 Å². The molecule has 0 spiro atoms. The molecule has 2 N–H and O–H groups in total. The van der Waals surface area contributed by atoms with E-state index < -0.39 is 21.7 Å². The molecule has 0 aromatic heterocycles. The third kappa shape index (κ3) is 7.66. The number of carbonyl (C=O) groups is 1. The van der Waals surface area contributed by atoms with Crippen LogP contribution in [0, 0.1) is 10.8 Å². The van der Waals surface area contributed by atoms with Crippen molar-refractivity contribution in [3.8, 4) is 5.75 Å². The minimum Gasteiger partial charge on any atom is -0.495 e. The first kappa shape index (κ1) is 31.2. The van der Waals surface area contributed by atoms with E-state index in [-0.39, 0.29) is 35.1 Å². The van der Waals surface area contributed by atoms with E-state index in [2.05, 4.69) is 50.0 Å². The summed E-state index contributed by atoms with van der Waals surface area (Å²) in [6.45, 7) is 12.3. The van der Waals surface area contributed by atoms with Crippen molar-refractivity contribution in [3.05, 3.63) is 69.6 Å². The normalized spacial score (nSPS) is 16.4. The van der Waals surface area contributed by atoms with E-state index in [4.69, 9.17) is 19.7 Å². The summed E-state index contributed by atoms with van der Waals surface area (Å²) in [6, 6.07) is 12.7. The fourth-order valence-corrected chi connectivity index (χ4v) is 5.36. The Morgan fingerprint density at radius 2 is 1.77 bits per heavy atom. The van der Waals surface area contributed by atoms with Crippen molar-refractivity contribution >= 4 is 21.6 Å². The molecular weight excluding hydrogens is 534 g/mol. The molecule has 1 heterocycles. The molecular formula is C28H39N5O6S. The number of anilines is 1. The van der Waals surface area contributed by atoms with E-state index in [1.807, 2.05) is 29.0 Å². The maximum absolute atomic E-state index is 12.5. The van der Waals surface area contributed by atoms with E-state index in [1.165, 1.54) is 19.2 Å². The van der Waals surface area contributed by atoms with Gasteiger partial charge < -0.3 is 19.5 Å². The van der Waals surface area contributed by atoms with Crippen molar-refractivity contribution in [2.75, 3.05) is 37.9 Å². The highest BCUT2D eigenvalue weighted by atomic mass is 32.2. The number of nitrogens with zero attached hydrogens (tertiary/aromatic N) is 3. The van der Waals surface area contributed by atoms with Crippen LogP contribution in [0.3, 0.4) is 0 Å². The monoisotopic (exact) mass is 573 g/mol. The predicted octanol–water partition coefficient (Wildman–Crippen LogP) is 5.34. The van der Waals surface area contributed by atoms with Gasteiger partial charge in [0.1, 0.15) is 5.75 Å². The summed E-state index contributed by atoms with van der Waals surface area (Å²) in [5.74, 6) is -1.55. The van der Waals surface area contributed by atoms with Gasteiger partial charge in [0.05, 0.1) is 31.8 Å². The highest BCUT2D eigenvalue weighted by Gasteiger charge is 2.50. The minimum absolute atomic E-state index is 0.0277. The number of hydrogen-bond donors (Lipinski definition) is 2. The number of carbonyl (C=O) groups excluding carboxylic acids is 1. The lowest BCUT2D eigenvalue weighted by Gasteiger charge is -2.50. The van der Waals surface area contributed by atoms with E-state index in [0.717, 1.165) is 11.1 Å². The number of nitrogens with one attached hydrogen (secondary N) is 2. The van der Waals surface area contributed by atoms with Crippen LogP contribution in [0.15, 0.2) is 47.6 Å². The molecule has 0 aliphatic carbocycles. The Balaban J connectivity index is 1.67. The first-order chi connectivity index (χ1) is 18.7. The van der Waals surface area contributed by atoms with Crippen LogP contribution in [-0.2, 0) is 31.8 Å². The highest BCUT2D eigenvalue weighted by molar-refractivity contribution is 7.90. The molecule has 12 heteroatoms. The Hall–Kier alpha value is -3.31. The summed E-state index contributed by atoms with van der Waals surface area (Å²) in [5, 5.41) is 6.60. The predicted molar refractivity (Wildman–Crippen MR) is 153 cm³/mol. The van der Waals surface area contributed by atoms with Crippen molar-refractivity contribution in [1.82, 2.24) is 4.72 Å². The molecule has 11 nitrogen and oxygen atoms in total. The standard InChI is InChI=1S/C28H39N5O6S/c1-26(2,3)28(38-18-27(4,5)19-39-28)22-11-8-20(9-12-22)17-30-23-13-10-21(16-24(23)37-6)25(34)32-40(35,36)15-7-14-31-33-29/h8-13,16,30H,7,14-15,17-19H2,1-6H3,(H,32,34). The molecule has 218 valence electrons. The van der Waals surface area contributed by atoms with Gasteiger partial charge in [0.15, 0.2) is 5.79 Å². The lowest BCUT2D eigenvalue weighted by Crippen LogP contribution is -2.52. The smallest absolute Gasteiger partial charge is 0.264 e.